The molecule has 0 aromatic heterocycles. The van der Waals surface area contributed by atoms with E-state index < -0.39 is 0 Å². The lowest BCUT2D eigenvalue weighted by Gasteiger charge is -2.43. The number of hydrogen-bond acceptors (Lipinski definition) is 3. The summed E-state index contributed by atoms with van der Waals surface area (Å²) >= 11 is 0. The minimum atomic E-state index is 0.122. The van der Waals surface area contributed by atoms with Gasteiger partial charge in [0.25, 0.3) is 0 Å². The van der Waals surface area contributed by atoms with Crippen LogP contribution in [0.15, 0.2) is 59.7 Å². The minimum absolute atomic E-state index is 0.122. The van der Waals surface area contributed by atoms with Gasteiger partial charge in [-0.05, 0) is 48.9 Å². The van der Waals surface area contributed by atoms with Crippen molar-refractivity contribution < 1.29 is 4.74 Å². The van der Waals surface area contributed by atoms with Crippen molar-refractivity contribution in [3.8, 4) is 5.75 Å². The molecule has 2 aromatic carbocycles. The fourth-order valence-electron chi connectivity index (χ4n) is 4.21. The molecule has 25 heavy (non-hydrogen) atoms. The topological polar surface area (TPSA) is 24.8 Å². The largest absolute Gasteiger partial charge is 0.489 e. The van der Waals surface area contributed by atoms with Gasteiger partial charge in [-0.25, -0.2) is 0 Å². The Kier molecular flexibility index (Phi) is 4.48. The monoisotopic (exact) mass is 334 g/mol. The van der Waals surface area contributed by atoms with E-state index in [0.717, 1.165) is 25.1 Å². The molecule has 0 spiro atoms. The van der Waals surface area contributed by atoms with Crippen LogP contribution in [0.3, 0.4) is 0 Å². The molecule has 3 nitrogen and oxygen atoms in total. The van der Waals surface area contributed by atoms with Crippen molar-refractivity contribution in [3.05, 3.63) is 65.7 Å². The Balaban J connectivity index is 1.59. The van der Waals surface area contributed by atoms with E-state index in [1.165, 1.54) is 36.1 Å². The van der Waals surface area contributed by atoms with E-state index >= 15 is 0 Å². The fourth-order valence-corrected chi connectivity index (χ4v) is 4.21. The van der Waals surface area contributed by atoms with Crippen LogP contribution in [0.25, 0.3) is 0 Å². The molecule has 2 aliphatic rings. The number of benzene rings is 2. The molecule has 4 rings (SSSR count). The van der Waals surface area contributed by atoms with Gasteiger partial charge < -0.3 is 9.75 Å². The van der Waals surface area contributed by atoms with E-state index in [2.05, 4.69) is 60.6 Å². The quantitative estimate of drug-likeness (QED) is 0.804. The van der Waals surface area contributed by atoms with Gasteiger partial charge in [-0.2, -0.15) is 5.10 Å². The maximum Gasteiger partial charge on any atom is 0.120 e. The predicted octanol–water partition coefficient (Wildman–Crippen LogP) is 4.77. The molecule has 1 saturated carbocycles. The van der Waals surface area contributed by atoms with Crippen LogP contribution in [-0.2, 0) is 12.0 Å². The summed E-state index contributed by atoms with van der Waals surface area (Å²) in [6.45, 7) is 1.64. The van der Waals surface area contributed by atoms with Crippen LogP contribution in [0.4, 0.5) is 0 Å². The van der Waals surface area contributed by atoms with Crippen LogP contribution >= 0.6 is 0 Å². The third kappa shape index (κ3) is 3.28. The number of hydrazone groups is 1. The van der Waals surface area contributed by atoms with E-state index in [0.29, 0.717) is 6.61 Å². The van der Waals surface area contributed by atoms with Gasteiger partial charge in [0.1, 0.15) is 12.4 Å². The second-order valence-electron chi connectivity index (χ2n) is 7.27. The van der Waals surface area contributed by atoms with Crippen LogP contribution < -0.4 is 4.74 Å². The highest BCUT2D eigenvalue weighted by Gasteiger charge is 2.41. The standard InChI is InChI=1S/C22H26N2O/c1-24-15-14-22(13-6-5-12-21(22)23-24)19-10-7-11-20(16-19)25-17-18-8-3-2-4-9-18/h2-4,7-11,16H,5-6,12-15,17H2,1H3. The normalized spacial score (nSPS) is 22.9. The zero-order valence-electron chi connectivity index (χ0n) is 14.9. The Bertz CT molecular complexity index is 756. The van der Waals surface area contributed by atoms with E-state index in [1.54, 1.807) is 0 Å². The first-order chi connectivity index (χ1) is 12.3. The van der Waals surface area contributed by atoms with Gasteiger partial charge in [0, 0.05) is 24.7 Å². The molecule has 0 bridgehead atoms. The average molecular weight is 334 g/mol. The second kappa shape index (κ2) is 6.91. The molecule has 1 fully saturated rings. The van der Waals surface area contributed by atoms with Gasteiger partial charge in [0.2, 0.25) is 0 Å². The van der Waals surface area contributed by atoms with Crippen molar-refractivity contribution in [2.45, 2.75) is 44.1 Å². The van der Waals surface area contributed by atoms with Gasteiger partial charge >= 0.3 is 0 Å². The van der Waals surface area contributed by atoms with Crippen LogP contribution in [0.5, 0.6) is 5.75 Å². The molecule has 1 heterocycles. The summed E-state index contributed by atoms with van der Waals surface area (Å²) in [5.41, 5.74) is 4.07. The number of fused-ring (bicyclic) bond motifs is 1. The summed E-state index contributed by atoms with van der Waals surface area (Å²) in [4.78, 5) is 0. The average Bonchev–Trinajstić information content (AvgIpc) is 2.67. The minimum Gasteiger partial charge on any atom is -0.489 e. The number of hydrogen-bond donors (Lipinski definition) is 0. The molecule has 0 saturated heterocycles. The molecule has 0 amide bonds. The highest BCUT2D eigenvalue weighted by Crippen LogP contribution is 2.43. The Morgan fingerprint density at radius 1 is 1.04 bits per heavy atom. The summed E-state index contributed by atoms with van der Waals surface area (Å²) in [6, 6.07) is 19.1. The zero-order valence-corrected chi connectivity index (χ0v) is 14.9. The highest BCUT2D eigenvalue weighted by atomic mass is 16.5. The van der Waals surface area contributed by atoms with Crippen LogP contribution in [0.1, 0.15) is 43.2 Å². The van der Waals surface area contributed by atoms with E-state index in [4.69, 9.17) is 9.84 Å². The van der Waals surface area contributed by atoms with Crippen molar-refractivity contribution in [2.24, 2.45) is 5.10 Å². The fraction of sp³-hybridized carbons (Fsp3) is 0.409. The highest BCUT2D eigenvalue weighted by molar-refractivity contribution is 5.96. The lowest BCUT2D eigenvalue weighted by atomic mass is 9.65. The van der Waals surface area contributed by atoms with Crippen molar-refractivity contribution in [1.82, 2.24) is 5.01 Å². The van der Waals surface area contributed by atoms with Gasteiger partial charge in [0.05, 0.1) is 0 Å². The first kappa shape index (κ1) is 16.2. The maximum atomic E-state index is 6.07. The summed E-state index contributed by atoms with van der Waals surface area (Å²) in [5, 5.41) is 6.99. The Hall–Kier alpha value is -2.29. The molecular weight excluding hydrogens is 308 g/mol. The molecule has 2 aromatic rings. The third-order valence-corrected chi connectivity index (χ3v) is 5.61. The number of nitrogens with zero attached hydrogens (tertiary/aromatic N) is 2. The molecule has 0 N–H and O–H groups in total. The van der Waals surface area contributed by atoms with Gasteiger partial charge in [-0.1, -0.05) is 48.9 Å². The van der Waals surface area contributed by atoms with Crippen molar-refractivity contribution in [1.29, 1.82) is 0 Å². The SMILES string of the molecule is CN1CCC2(c3cccc(OCc4ccccc4)c3)CCCCC2=N1. The molecule has 1 aliphatic heterocycles. The lowest BCUT2D eigenvalue weighted by Crippen LogP contribution is -2.45. The summed E-state index contributed by atoms with van der Waals surface area (Å²) < 4.78 is 6.07. The molecule has 1 aliphatic carbocycles. The molecule has 130 valence electrons. The first-order valence-corrected chi connectivity index (χ1v) is 9.33. The van der Waals surface area contributed by atoms with Gasteiger partial charge in [-0.15, -0.1) is 0 Å². The Labute approximate surface area is 150 Å². The van der Waals surface area contributed by atoms with Crippen molar-refractivity contribution in [3.63, 3.8) is 0 Å². The van der Waals surface area contributed by atoms with Crippen LogP contribution in [0.2, 0.25) is 0 Å². The third-order valence-electron chi connectivity index (χ3n) is 5.61. The molecule has 0 radical (unpaired) electrons. The van der Waals surface area contributed by atoms with Gasteiger partial charge in [0.15, 0.2) is 0 Å². The predicted molar refractivity (Wildman–Crippen MR) is 102 cm³/mol. The summed E-state index contributed by atoms with van der Waals surface area (Å²) in [7, 11) is 2.09. The molecular formula is C22H26N2O. The summed E-state index contributed by atoms with van der Waals surface area (Å²) in [5.74, 6) is 0.958. The lowest BCUT2D eigenvalue weighted by molar-refractivity contribution is 0.264. The van der Waals surface area contributed by atoms with E-state index in [-0.39, 0.29) is 5.41 Å². The molecule has 1 atom stereocenters. The zero-order chi connectivity index (χ0) is 17.1. The van der Waals surface area contributed by atoms with Crippen molar-refractivity contribution in [2.75, 3.05) is 13.6 Å². The van der Waals surface area contributed by atoms with E-state index in [9.17, 15) is 0 Å². The first-order valence-electron chi connectivity index (χ1n) is 9.33. The summed E-state index contributed by atoms with van der Waals surface area (Å²) in [6.07, 6.45) is 6.04. The number of rotatable bonds is 4. The smallest absolute Gasteiger partial charge is 0.120 e. The van der Waals surface area contributed by atoms with Crippen LogP contribution in [-0.4, -0.2) is 24.3 Å². The number of ether oxygens (including phenoxy) is 1. The Morgan fingerprint density at radius 3 is 2.80 bits per heavy atom. The molecule has 3 heteroatoms. The van der Waals surface area contributed by atoms with E-state index in [1.807, 2.05) is 6.07 Å². The van der Waals surface area contributed by atoms with Gasteiger partial charge in [-0.3, -0.25) is 0 Å². The van der Waals surface area contributed by atoms with Crippen molar-refractivity contribution >= 4 is 5.71 Å². The maximum absolute atomic E-state index is 6.07. The Morgan fingerprint density at radius 2 is 1.92 bits per heavy atom. The molecule has 1 unspecified atom stereocenters. The second-order valence-corrected chi connectivity index (χ2v) is 7.27. The van der Waals surface area contributed by atoms with Crippen LogP contribution in [0, 0.1) is 0 Å².